The van der Waals surface area contributed by atoms with Gasteiger partial charge in [-0.1, -0.05) is 69.8 Å². The zero-order chi connectivity index (χ0) is 14.6. The first-order chi connectivity index (χ1) is 9.46. The van der Waals surface area contributed by atoms with Crippen LogP contribution in [0, 0.1) is 5.41 Å². The summed E-state index contributed by atoms with van der Waals surface area (Å²) in [7, 11) is 0. The van der Waals surface area contributed by atoms with Gasteiger partial charge in [0.2, 0.25) is 0 Å². The predicted octanol–water partition coefficient (Wildman–Crippen LogP) is 5.17. The predicted molar refractivity (Wildman–Crippen MR) is 86.0 cm³/mol. The minimum Gasteiger partial charge on any atom is -0.493 e. The van der Waals surface area contributed by atoms with E-state index in [0.29, 0.717) is 6.61 Å². The van der Waals surface area contributed by atoms with Crippen molar-refractivity contribution in [3.63, 3.8) is 0 Å². The normalized spacial score (nSPS) is 11.2. The van der Waals surface area contributed by atoms with Crippen molar-refractivity contribution in [1.29, 1.82) is 0 Å². The molecule has 0 radical (unpaired) electrons. The maximum atomic E-state index is 5.78. The number of rotatable bonds is 4. The zero-order valence-electron chi connectivity index (χ0n) is 12.5. The lowest BCUT2D eigenvalue weighted by Gasteiger charge is -2.19. The molecule has 0 spiro atoms. The Bertz CT molecular complexity index is 559. The Hall–Kier alpha value is -2.02. The average molecular weight is 266 g/mol. The fourth-order valence-corrected chi connectivity index (χ4v) is 1.86. The van der Waals surface area contributed by atoms with Crippen LogP contribution < -0.4 is 4.74 Å². The Morgan fingerprint density at radius 1 is 0.900 bits per heavy atom. The Morgan fingerprint density at radius 2 is 1.45 bits per heavy atom. The second kappa shape index (κ2) is 5.96. The molecule has 0 bridgehead atoms. The zero-order valence-corrected chi connectivity index (χ0v) is 12.5. The van der Waals surface area contributed by atoms with Gasteiger partial charge in [-0.15, -0.1) is 0 Å². The largest absolute Gasteiger partial charge is 0.493 e. The van der Waals surface area contributed by atoms with Crippen LogP contribution in [0.25, 0.3) is 5.57 Å². The first-order valence-electron chi connectivity index (χ1n) is 6.93. The smallest absolute Gasteiger partial charge is 0.119 e. The lowest BCUT2D eigenvalue weighted by atomic mass is 9.98. The molecule has 0 fully saturated rings. The third kappa shape index (κ3) is 3.99. The van der Waals surface area contributed by atoms with Crippen LogP contribution in [0.3, 0.4) is 0 Å². The summed E-state index contributed by atoms with van der Waals surface area (Å²) < 4.78 is 5.78. The molecular formula is C19H22O. The summed E-state index contributed by atoms with van der Waals surface area (Å²) in [6.45, 7) is 11.4. The summed E-state index contributed by atoms with van der Waals surface area (Å²) in [6.07, 6.45) is 0. The van der Waals surface area contributed by atoms with Crippen molar-refractivity contribution >= 4 is 5.57 Å². The first kappa shape index (κ1) is 14.4. The summed E-state index contributed by atoms with van der Waals surface area (Å²) in [4.78, 5) is 0. The highest BCUT2D eigenvalue weighted by atomic mass is 16.5. The van der Waals surface area contributed by atoms with Gasteiger partial charge in [0.1, 0.15) is 5.75 Å². The summed E-state index contributed by atoms with van der Waals surface area (Å²) in [5.41, 5.74) is 3.48. The van der Waals surface area contributed by atoms with Gasteiger partial charge in [-0.05, 0) is 34.2 Å². The minimum atomic E-state index is 0.173. The topological polar surface area (TPSA) is 9.23 Å². The van der Waals surface area contributed by atoms with Crippen molar-refractivity contribution < 1.29 is 4.74 Å². The number of hydrogen-bond acceptors (Lipinski definition) is 1. The van der Waals surface area contributed by atoms with Gasteiger partial charge >= 0.3 is 0 Å². The molecule has 2 rings (SSSR count). The molecule has 0 heterocycles. The van der Waals surface area contributed by atoms with Crippen molar-refractivity contribution in [2.45, 2.75) is 20.8 Å². The van der Waals surface area contributed by atoms with Gasteiger partial charge in [0, 0.05) is 0 Å². The van der Waals surface area contributed by atoms with E-state index < -0.39 is 0 Å². The highest BCUT2D eigenvalue weighted by Gasteiger charge is 2.11. The molecule has 2 aromatic rings. The van der Waals surface area contributed by atoms with Crippen LogP contribution in [0.15, 0.2) is 61.2 Å². The molecule has 20 heavy (non-hydrogen) atoms. The van der Waals surface area contributed by atoms with Gasteiger partial charge in [0.25, 0.3) is 0 Å². The van der Waals surface area contributed by atoms with Gasteiger partial charge in [0.15, 0.2) is 0 Å². The van der Waals surface area contributed by atoms with Gasteiger partial charge in [-0.2, -0.15) is 0 Å². The molecule has 0 aliphatic carbocycles. The third-order valence-electron chi connectivity index (χ3n) is 3.00. The van der Waals surface area contributed by atoms with E-state index >= 15 is 0 Å². The van der Waals surface area contributed by atoms with Crippen LogP contribution >= 0.6 is 0 Å². The highest BCUT2D eigenvalue weighted by Crippen LogP contribution is 2.24. The van der Waals surface area contributed by atoms with Crippen molar-refractivity contribution in [3.8, 4) is 5.75 Å². The molecule has 0 aromatic heterocycles. The van der Waals surface area contributed by atoms with Gasteiger partial charge in [0.05, 0.1) is 6.61 Å². The quantitative estimate of drug-likeness (QED) is 0.741. The van der Waals surface area contributed by atoms with E-state index in [1.807, 2.05) is 30.3 Å². The molecule has 0 aliphatic heterocycles. The lowest BCUT2D eigenvalue weighted by molar-refractivity contribution is 0.198. The Labute approximate surface area is 121 Å². The average Bonchev–Trinajstić information content (AvgIpc) is 2.45. The molecule has 2 aromatic carbocycles. The van der Waals surface area contributed by atoms with E-state index in [0.717, 1.165) is 22.4 Å². The molecule has 0 aliphatic rings. The van der Waals surface area contributed by atoms with Crippen LogP contribution in [0.4, 0.5) is 0 Å². The third-order valence-corrected chi connectivity index (χ3v) is 3.00. The van der Waals surface area contributed by atoms with E-state index in [1.165, 1.54) is 0 Å². The van der Waals surface area contributed by atoms with E-state index in [1.54, 1.807) is 0 Å². The first-order valence-corrected chi connectivity index (χ1v) is 6.93. The molecule has 0 atom stereocenters. The summed E-state index contributed by atoms with van der Waals surface area (Å²) in [5.74, 6) is 0.907. The van der Waals surface area contributed by atoms with Crippen molar-refractivity contribution in [3.05, 3.63) is 72.3 Å². The van der Waals surface area contributed by atoms with Crippen LogP contribution in [0.2, 0.25) is 0 Å². The van der Waals surface area contributed by atoms with Crippen molar-refractivity contribution in [2.75, 3.05) is 6.61 Å². The van der Waals surface area contributed by atoms with Crippen LogP contribution in [0.5, 0.6) is 5.75 Å². The van der Waals surface area contributed by atoms with Crippen LogP contribution in [-0.4, -0.2) is 6.61 Å². The summed E-state index contributed by atoms with van der Waals surface area (Å²) >= 11 is 0. The second-order valence-corrected chi connectivity index (χ2v) is 6.22. The van der Waals surface area contributed by atoms with E-state index in [2.05, 4.69) is 51.6 Å². The number of ether oxygens (including phenoxy) is 1. The number of benzene rings is 2. The molecule has 0 unspecified atom stereocenters. The highest BCUT2D eigenvalue weighted by molar-refractivity contribution is 5.78. The molecule has 0 saturated heterocycles. The monoisotopic (exact) mass is 266 g/mol. The van der Waals surface area contributed by atoms with E-state index in [4.69, 9.17) is 4.74 Å². The van der Waals surface area contributed by atoms with Gasteiger partial charge in [-0.3, -0.25) is 0 Å². The maximum absolute atomic E-state index is 5.78. The molecule has 1 heteroatoms. The maximum Gasteiger partial charge on any atom is 0.119 e. The van der Waals surface area contributed by atoms with Gasteiger partial charge < -0.3 is 4.74 Å². The van der Waals surface area contributed by atoms with Gasteiger partial charge in [-0.25, -0.2) is 0 Å². The molecule has 1 nitrogen and oxygen atoms in total. The van der Waals surface area contributed by atoms with E-state index in [-0.39, 0.29) is 5.41 Å². The van der Waals surface area contributed by atoms with Crippen LogP contribution in [0.1, 0.15) is 31.9 Å². The molecule has 0 amide bonds. The fraction of sp³-hybridized carbons (Fsp3) is 0.263. The number of hydrogen-bond donors (Lipinski definition) is 0. The Morgan fingerprint density at radius 3 is 2.00 bits per heavy atom. The Balaban J connectivity index is 2.07. The SMILES string of the molecule is C=C(c1ccccc1)c1ccc(OCC(C)(C)C)cc1. The van der Waals surface area contributed by atoms with Crippen LogP contribution in [-0.2, 0) is 0 Å². The summed E-state index contributed by atoms with van der Waals surface area (Å²) in [6, 6.07) is 18.4. The summed E-state index contributed by atoms with van der Waals surface area (Å²) in [5, 5.41) is 0. The molecule has 0 N–H and O–H groups in total. The molecule has 0 saturated carbocycles. The second-order valence-electron chi connectivity index (χ2n) is 6.22. The lowest BCUT2D eigenvalue weighted by Crippen LogP contribution is -2.16. The van der Waals surface area contributed by atoms with Crippen molar-refractivity contribution in [2.24, 2.45) is 5.41 Å². The van der Waals surface area contributed by atoms with Crippen molar-refractivity contribution in [1.82, 2.24) is 0 Å². The Kier molecular flexibility index (Phi) is 4.29. The molecule has 104 valence electrons. The van der Waals surface area contributed by atoms with E-state index in [9.17, 15) is 0 Å². The standard InChI is InChI=1S/C19H22O/c1-15(16-8-6-5-7-9-16)17-10-12-18(13-11-17)20-14-19(2,3)4/h5-13H,1,14H2,2-4H3. The minimum absolute atomic E-state index is 0.173. The fourth-order valence-electron chi connectivity index (χ4n) is 1.86. The molecular weight excluding hydrogens is 244 g/mol.